The molecule has 1 unspecified atom stereocenters. The van der Waals surface area contributed by atoms with Gasteiger partial charge in [-0.25, -0.2) is 9.48 Å². The molecule has 0 spiro atoms. The molecule has 1 aromatic heterocycles. The lowest BCUT2D eigenvalue weighted by atomic mass is 9.96. The fourth-order valence-electron chi connectivity index (χ4n) is 4.10. The number of anilines is 1. The molecular weight excluding hydrogens is 512 g/mol. The van der Waals surface area contributed by atoms with Crippen molar-refractivity contribution in [1.82, 2.24) is 14.8 Å². The SMILES string of the molecule is CCOC(=O)C1=C(C)Nc2nc(SCc3ccc4ccccc4c3)nn2C1c1ccc(Br)cc1. The summed E-state index contributed by atoms with van der Waals surface area (Å²) in [4.78, 5) is 17.6. The number of fused-ring (bicyclic) bond motifs is 2. The van der Waals surface area contributed by atoms with Gasteiger partial charge < -0.3 is 10.1 Å². The van der Waals surface area contributed by atoms with Gasteiger partial charge in [-0.2, -0.15) is 4.98 Å². The maximum atomic E-state index is 12.9. The molecule has 1 atom stereocenters. The van der Waals surface area contributed by atoms with Gasteiger partial charge in [0.2, 0.25) is 11.1 Å². The lowest BCUT2D eigenvalue weighted by molar-refractivity contribution is -0.139. The van der Waals surface area contributed by atoms with Crippen LogP contribution in [0.1, 0.15) is 31.0 Å². The van der Waals surface area contributed by atoms with Crippen molar-refractivity contribution >= 4 is 50.4 Å². The largest absolute Gasteiger partial charge is 0.463 e. The van der Waals surface area contributed by atoms with Gasteiger partial charge in [0.1, 0.15) is 6.04 Å². The third-order valence-corrected chi connectivity index (χ3v) is 7.13. The summed E-state index contributed by atoms with van der Waals surface area (Å²) in [5, 5.41) is 11.1. The Kier molecular flexibility index (Phi) is 6.43. The number of hydrogen-bond donors (Lipinski definition) is 1. The number of nitrogens with one attached hydrogen (secondary N) is 1. The minimum atomic E-state index is -0.425. The zero-order valence-corrected chi connectivity index (χ0v) is 21.2. The molecule has 0 radical (unpaired) electrons. The molecule has 0 bridgehead atoms. The highest BCUT2D eigenvalue weighted by molar-refractivity contribution is 9.10. The van der Waals surface area contributed by atoms with Crippen molar-refractivity contribution in [3.8, 4) is 0 Å². The molecule has 0 saturated heterocycles. The highest BCUT2D eigenvalue weighted by Crippen LogP contribution is 2.37. The number of ether oxygens (including phenoxy) is 1. The quantitative estimate of drug-likeness (QED) is 0.230. The number of rotatable bonds is 6. The first-order valence-corrected chi connectivity index (χ1v) is 12.8. The molecule has 0 saturated carbocycles. The smallest absolute Gasteiger partial charge is 0.338 e. The van der Waals surface area contributed by atoms with Crippen molar-refractivity contribution in [2.75, 3.05) is 11.9 Å². The fourth-order valence-corrected chi connectivity index (χ4v) is 5.13. The van der Waals surface area contributed by atoms with Crippen LogP contribution in [0.25, 0.3) is 10.8 Å². The first-order chi connectivity index (χ1) is 16.5. The molecule has 1 aliphatic rings. The van der Waals surface area contributed by atoms with Crippen LogP contribution in [-0.4, -0.2) is 27.3 Å². The molecule has 4 aromatic rings. The highest BCUT2D eigenvalue weighted by atomic mass is 79.9. The van der Waals surface area contributed by atoms with E-state index in [1.54, 1.807) is 23.4 Å². The van der Waals surface area contributed by atoms with Crippen molar-refractivity contribution in [2.45, 2.75) is 30.8 Å². The molecule has 34 heavy (non-hydrogen) atoms. The zero-order chi connectivity index (χ0) is 23.7. The Morgan fingerprint density at radius 2 is 1.88 bits per heavy atom. The summed E-state index contributed by atoms with van der Waals surface area (Å²) < 4.78 is 8.13. The number of carbonyl (C=O) groups is 1. The van der Waals surface area contributed by atoms with Gasteiger partial charge in [0.15, 0.2) is 0 Å². The van der Waals surface area contributed by atoms with E-state index in [1.807, 2.05) is 37.3 Å². The van der Waals surface area contributed by atoms with Crippen molar-refractivity contribution in [3.05, 3.63) is 93.6 Å². The number of carbonyl (C=O) groups excluding carboxylic acids is 1. The third-order valence-electron chi connectivity index (χ3n) is 5.70. The normalized spacial score (nSPS) is 15.2. The monoisotopic (exact) mass is 534 g/mol. The van der Waals surface area contributed by atoms with E-state index in [0.29, 0.717) is 23.3 Å². The highest BCUT2D eigenvalue weighted by Gasteiger charge is 2.35. The van der Waals surface area contributed by atoms with Gasteiger partial charge in [-0.1, -0.05) is 82.3 Å². The number of hydrogen-bond acceptors (Lipinski definition) is 6. The second-order valence-electron chi connectivity index (χ2n) is 7.97. The summed E-state index contributed by atoms with van der Waals surface area (Å²) in [7, 11) is 0. The average molecular weight is 535 g/mol. The Hall–Kier alpha value is -3.10. The molecule has 8 heteroatoms. The second kappa shape index (κ2) is 9.64. The summed E-state index contributed by atoms with van der Waals surface area (Å²) in [5.74, 6) is 1.00. The fraction of sp³-hybridized carbons (Fsp3) is 0.192. The minimum absolute atomic E-state index is 0.305. The predicted molar refractivity (Wildman–Crippen MR) is 139 cm³/mol. The maximum Gasteiger partial charge on any atom is 0.338 e. The first-order valence-electron chi connectivity index (χ1n) is 11.0. The molecular formula is C26H23BrN4O2S. The van der Waals surface area contributed by atoms with Crippen LogP contribution in [0.4, 0.5) is 5.95 Å². The summed E-state index contributed by atoms with van der Waals surface area (Å²) in [5.41, 5.74) is 3.39. The maximum absolute atomic E-state index is 12.9. The van der Waals surface area contributed by atoms with E-state index >= 15 is 0 Å². The molecule has 0 fully saturated rings. The van der Waals surface area contributed by atoms with E-state index < -0.39 is 6.04 Å². The minimum Gasteiger partial charge on any atom is -0.463 e. The van der Waals surface area contributed by atoms with Crippen LogP contribution >= 0.6 is 27.7 Å². The van der Waals surface area contributed by atoms with Gasteiger partial charge in [-0.05, 0) is 47.9 Å². The van der Waals surface area contributed by atoms with E-state index in [9.17, 15) is 4.79 Å². The van der Waals surface area contributed by atoms with Gasteiger partial charge in [0.05, 0.1) is 12.2 Å². The summed E-state index contributed by atoms with van der Waals surface area (Å²) >= 11 is 5.06. The van der Waals surface area contributed by atoms with Crippen LogP contribution in [0.15, 0.2) is 87.6 Å². The van der Waals surface area contributed by atoms with E-state index in [1.165, 1.54) is 16.3 Å². The molecule has 172 valence electrons. The van der Waals surface area contributed by atoms with Crippen LogP contribution in [0.5, 0.6) is 0 Å². The van der Waals surface area contributed by atoms with Gasteiger partial charge in [-0.15, -0.1) is 5.10 Å². The Balaban J connectivity index is 1.46. The lowest BCUT2D eigenvalue weighted by Gasteiger charge is -2.28. The van der Waals surface area contributed by atoms with Crippen molar-refractivity contribution in [2.24, 2.45) is 0 Å². The number of halogens is 1. The summed E-state index contributed by atoms with van der Waals surface area (Å²) in [6.07, 6.45) is 0. The Bertz CT molecular complexity index is 1400. The predicted octanol–water partition coefficient (Wildman–Crippen LogP) is 6.34. The van der Waals surface area contributed by atoms with Crippen molar-refractivity contribution < 1.29 is 9.53 Å². The van der Waals surface area contributed by atoms with E-state index in [4.69, 9.17) is 14.8 Å². The van der Waals surface area contributed by atoms with Gasteiger partial charge >= 0.3 is 5.97 Å². The second-order valence-corrected chi connectivity index (χ2v) is 9.83. The molecule has 6 nitrogen and oxygen atoms in total. The number of esters is 1. The first kappa shape index (κ1) is 22.7. The van der Waals surface area contributed by atoms with Crippen molar-refractivity contribution in [3.63, 3.8) is 0 Å². The number of allylic oxidation sites excluding steroid dienone is 1. The van der Waals surface area contributed by atoms with Crippen LogP contribution < -0.4 is 5.32 Å². The summed E-state index contributed by atoms with van der Waals surface area (Å²) in [6, 6.07) is 22.3. The lowest BCUT2D eigenvalue weighted by Crippen LogP contribution is -2.29. The molecule has 0 amide bonds. The standard InChI is InChI=1S/C26H23BrN4O2S/c1-3-33-24(32)22-16(2)28-25-29-26(30-31(25)23(22)19-10-12-21(27)13-11-19)34-15-17-8-9-18-6-4-5-7-20(18)14-17/h4-14,23H,3,15H2,1-2H3,(H,28,29,30). The van der Waals surface area contributed by atoms with Gasteiger partial charge in [-0.3, -0.25) is 0 Å². The average Bonchev–Trinajstić information content (AvgIpc) is 3.25. The molecule has 1 N–H and O–H groups in total. The zero-order valence-electron chi connectivity index (χ0n) is 18.8. The Morgan fingerprint density at radius 3 is 2.65 bits per heavy atom. The third kappa shape index (κ3) is 4.48. The van der Waals surface area contributed by atoms with E-state index in [2.05, 4.69) is 57.6 Å². The molecule has 3 aromatic carbocycles. The van der Waals surface area contributed by atoms with E-state index in [0.717, 1.165) is 21.5 Å². The van der Waals surface area contributed by atoms with Crippen LogP contribution in [0.3, 0.4) is 0 Å². The summed E-state index contributed by atoms with van der Waals surface area (Å²) in [6.45, 7) is 3.99. The van der Waals surface area contributed by atoms with Crippen LogP contribution in [-0.2, 0) is 15.3 Å². The number of thioether (sulfide) groups is 1. The van der Waals surface area contributed by atoms with Crippen LogP contribution in [0, 0.1) is 0 Å². The molecule has 0 aliphatic carbocycles. The molecule has 2 heterocycles. The Morgan fingerprint density at radius 1 is 1.12 bits per heavy atom. The van der Waals surface area contributed by atoms with Gasteiger partial charge in [0.25, 0.3) is 0 Å². The molecule has 1 aliphatic heterocycles. The number of nitrogens with zero attached hydrogens (tertiary/aromatic N) is 3. The van der Waals surface area contributed by atoms with Crippen molar-refractivity contribution in [1.29, 1.82) is 0 Å². The number of benzene rings is 3. The Labute approximate surface area is 210 Å². The topological polar surface area (TPSA) is 69.0 Å². The van der Waals surface area contributed by atoms with Crippen LogP contribution in [0.2, 0.25) is 0 Å². The molecule has 5 rings (SSSR count). The van der Waals surface area contributed by atoms with Gasteiger partial charge in [0, 0.05) is 15.9 Å². The van der Waals surface area contributed by atoms with E-state index in [-0.39, 0.29) is 5.97 Å². The number of aromatic nitrogens is 3.